The molecule has 122 valence electrons. The van der Waals surface area contributed by atoms with Crippen LogP contribution in [0.3, 0.4) is 0 Å². The lowest BCUT2D eigenvalue weighted by Crippen LogP contribution is -2.28. The number of amides is 1. The first-order valence-corrected chi connectivity index (χ1v) is 7.93. The zero-order chi connectivity index (χ0) is 17.1. The van der Waals surface area contributed by atoms with Gasteiger partial charge in [-0.15, -0.1) is 5.10 Å². The van der Waals surface area contributed by atoms with Crippen molar-refractivity contribution in [2.45, 2.75) is 19.8 Å². The molecule has 1 amide bonds. The van der Waals surface area contributed by atoms with Gasteiger partial charge in [-0.05, 0) is 30.2 Å². The molecule has 0 saturated heterocycles. The normalized spacial score (nSPS) is 10.8. The number of hydrogen-bond acceptors (Lipinski definition) is 3. The lowest BCUT2D eigenvalue weighted by Gasteiger charge is -2.17. The summed E-state index contributed by atoms with van der Waals surface area (Å²) in [6.07, 6.45) is 0. The zero-order valence-electron chi connectivity index (χ0n) is 14.0. The molecule has 0 N–H and O–H groups in total. The molecule has 2 aromatic carbocycles. The van der Waals surface area contributed by atoms with Crippen molar-refractivity contribution < 1.29 is 4.79 Å². The third kappa shape index (κ3) is 2.93. The van der Waals surface area contributed by atoms with Crippen LogP contribution < -0.4 is 4.90 Å². The number of aromatic nitrogens is 3. The molecule has 3 aromatic rings. The van der Waals surface area contributed by atoms with Crippen LogP contribution >= 0.6 is 0 Å². The van der Waals surface area contributed by atoms with Gasteiger partial charge >= 0.3 is 0 Å². The van der Waals surface area contributed by atoms with Gasteiger partial charge in [0.25, 0.3) is 5.91 Å². The Balaban J connectivity index is 2.02. The Labute approximate surface area is 141 Å². The van der Waals surface area contributed by atoms with Gasteiger partial charge in [0.2, 0.25) is 0 Å². The quantitative estimate of drug-likeness (QED) is 0.737. The van der Waals surface area contributed by atoms with Gasteiger partial charge in [-0.1, -0.05) is 55.5 Å². The molecule has 5 heteroatoms. The summed E-state index contributed by atoms with van der Waals surface area (Å²) in [4.78, 5) is 14.5. The van der Waals surface area contributed by atoms with Crippen molar-refractivity contribution in [3.63, 3.8) is 0 Å². The number of hydrogen-bond donors (Lipinski definition) is 0. The summed E-state index contributed by atoms with van der Waals surface area (Å²) >= 11 is 0. The molecule has 0 spiro atoms. The van der Waals surface area contributed by atoms with E-state index in [0.717, 1.165) is 17.1 Å². The maximum Gasteiger partial charge on any atom is 0.280 e. The van der Waals surface area contributed by atoms with E-state index in [1.165, 1.54) is 0 Å². The minimum atomic E-state index is -0.160. The summed E-state index contributed by atoms with van der Waals surface area (Å²) in [5, 5.41) is 8.41. The third-order valence-electron chi connectivity index (χ3n) is 3.90. The second kappa shape index (κ2) is 6.66. The predicted octanol–water partition coefficient (Wildman–Crippen LogP) is 3.67. The van der Waals surface area contributed by atoms with Crippen LogP contribution in [0.15, 0.2) is 60.7 Å². The van der Waals surface area contributed by atoms with Gasteiger partial charge in [0.15, 0.2) is 5.69 Å². The van der Waals surface area contributed by atoms with E-state index in [9.17, 15) is 4.79 Å². The average molecular weight is 320 g/mol. The molecule has 1 heterocycles. The summed E-state index contributed by atoms with van der Waals surface area (Å²) in [6.45, 7) is 4.08. The molecular formula is C19H20N4O. The van der Waals surface area contributed by atoms with Crippen molar-refractivity contribution in [2.75, 3.05) is 11.9 Å². The van der Waals surface area contributed by atoms with Crippen LogP contribution in [0.1, 0.15) is 35.9 Å². The van der Waals surface area contributed by atoms with Gasteiger partial charge in [-0.3, -0.25) is 4.79 Å². The van der Waals surface area contributed by atoms with E-state index in [-0.39, 0.29) is 11.8 Å². The minimum Gasteiger partial charge on any atom is -0.310 e. The number of para-hydroxylation sites is 2. The highest BCUT2D eigenvalue weighted by Crippen LogP contribution is 2.23. The van der Waals surface area contributed by atoms with Crippen LogP contribution in [-0.4, -0.2) is 27.9 Å². The number of nitrogens with zero attached hydrogens (tertiary/aromatic N) is 4. The van der Waals surface area contributed by atoms with Gasteiger partial charge in [0.05, 0.1) is 11.4 Å². The van der Waals surface area contributed by atoms with Crippen LogP contribution in [0.4, 0.5) is 5.69 Å². The molecule has 0 atom stereocenters. The van der Waals surface area contributed by atoms with E-state index < -0.39 is 0 Å². The highest BCUT2D eigenvalue weighted by Gasteiger charge is 2.25. The van der Waals surface area contributed by atoms with Crippen molar-refractivity contribution >= 4 is 11.6 Å². The van der Waals surface area contributed by atoms with Crippen molar-refractivity contribution in [1.82, 2.24) is 15.0 Å². The Bertz CT molecular complexity index is 825. The standard InChI is InChI=1S/C19H20N4O/c1-14(2)18-17(19(24)22(3)15-10-6-4-7-11-15)20-21-23(18)16-12-8-5-9-13-16/h4-14H,1-3H3. The fourth-order valence-electron chi connectivity index (χ4n) is 2.65. The van der Waals surface area contributed by atoms with Crippen molar-refractivity contribution in [3.05, 3.63) is 72.1 Å². The number of benzene rings is 2. The third-order valence-corrected chi connectivity index (χ3v) is 3.90. The molecule has 1 aromatic heterocycles. The maximum absolute atomic E-state index is 12.9. The van der Waals surface area contributed by atoms with E-state index in [1.54, 1.807) is 16.6 Å². The molecule has 3 rings (SSSR count). The van der Waals surface area contributed by atoms with E-state index in [4.69, 9.17) is 0 Å². The number of anilines is 1. The molecule has 0 bridgehead atoms. The van der Waals surface area contributed by atoms with Crippen molar-refractivity contribution in [3.8, 4) is 5.69 Å². The van der Waals surface area contributed by atoms with Crippen LogP contribution in [0, 0.1) is 0 Å². The molecule has 0 radical (unpaired) electrons. The fourth-order valence-corrected chi connectivity index (χ4v) is 2.65. The fraction of sp³-hybridized carbons (Fsp3) is 0.211. The summed E-state index contributed by atoms with van der Waals surface area (Å²) in [5.41, 5.74) is 2.93. The first kappa shape index (κ1) is 15.9. The molecule has 0 unspecified atom stereocenters. The molecule has 0 aliphatic rings. The van der Waals surface area contributed by atoms with Crippen molar-refractivity contribution in [1.29, 1.82) is 0 Å². The second-order valence-corrected chi connectivity index (χ2v) is 5.93. The lowest BCUT2D eigenvalue weighted by atomic mass is 10.1. The number of rotatable bonds is 4. The van der Waals surface area contributed by atoms with Gasteiger partial charge in [-0.2, -0.15) is 0 Å². The largest absolute Gasteiger partial charge is 0.310 e. The molecule has 5 nitrogen and oxygen atoms in total. The minimum absolute atomic E-state index is 0.114. The van der Waals surface area contributed by atoms with Gasteiger partial charge < -0.3 is 4.90 Å². The Morgan fingerprint density at radius 1 is 1.00 bits per heavy atom. The van der Waals surface area contributed by atoms with E-state index >= 15 is 0 Å². The Morgan fingerprint density at radius 2 is 1.58 bits per heavy atom. The average Bonchev–Trinajstić information content (AvgIpc) is 3.07. The molecule has 24 heavy (non-hydrogen) atoms. The van der Waals surface area contributed by atoms with Crippen molar-refractivity contribution in [2.24, 2.45) is 0 Å². The van der Waals surface area contributed by atoms with E-state index in [2.05, 4.69) is 10.3 Å². The Morgan fingerprint density at radius 3 is 2.17 bits per heavy atom. The van der Waals surface area contributed by atoms with Crippen LogP contribution in [0.25, 0.3) is 5.69 Å². The molecule has 0 fully saturated rings. The molecular weight excluding hydrogens is 300 g/mol. The molecule has 0 aliphatic heterocycles. The first-order valence-electron chi connectivity index (χ1n) is 7.93. The van der Waals surface area contributed by atoms with Crippen LogP contribution in [-0.2, 0) is 0 Å². The highest BCUT2D eigenvalue weighted by atomic mass is 16.2. The van der Waals surface area contributed by atoms with Crippen LogP contribution in [0.2, 0.25) is 0 Å². The van der Waals surface area contributed by atoms with Gasteiger partial charge in [0.1, 0.15) is 0 Å². The second-order valence-electron chi connectivity index (χ2n) is 5.93. The summed E-state index contributed by atoms with van der Waals surface area (Å²) < 4.78 is 1.75. The first-order chi connectivity index (χ1) is 11.6. The topological polar surface area (TPSA) is 51.0 Å². The Kier molecular flexibility index (Phi) is 4.42. The summed E-state index contributed by atoms with van der Waals surface area (Å²) in [5.74, 6) is -0.0459. The number of carbonyl (C=O) groups excluding carboxylic acids is 1. The van der Waals surface area contributed by atoms with Gasteiger partial charge in [-0.25, -0.2) is 4.68 Å². The molecule has 0 aliphatic carbocycles. The summed E-state index contributed by atoms with van der Waals surface area (Å²) in [6, 6.07) is 19.3. The van der Waals surface area contributed by atoms with Gasteiger partial charge in [0, 0.05) is 12.7 Å². The smallest absolute Gasteiger partial charge is 0.280 e. The predicted molar refractivity (Wildman–Crippen MR) is 94.6 cm³/mol. The van der Waals surface area contributed by atoms with E-state index in [0.29, 0.717) is 5.69 Å². The SMILES string of the molecule is CC(C)c1c(C(=O)N(C)c2ccccc2)nnn1-c1ccccc1. The maximum atomic E-state index is 12.9. The monoisotopic (exact) mass is 320 g/mol. The molecule has 0 saturated carbocycles. The summed E-state index contributed by atoms with van der Waals surface area (Å²) in [7, 11) is 1.75. The lowest BCUT2D eigenvalue weighted by molar-refractivity contribution is 0.0987. The Hall–Kier alpha value is -2.95. The highest BCUT2D eigenvalue weighted by molar-refractivity contribution is 6.05. The number of carbonyl (C=O) groups is 1. The van der Waals surface area contributed by atoms with E-state index in [1.807, 2.05) is 74.5 Å². The van der Waals surface area contributed by atoms with Crippen LogP contribution in [0.5, 0.6) is 0 Å². The zero-order valence-corrected chi connectivity index (χ0v) is 14.0.